The minimum atomic E-state index is 0.664. The van der Waals surface area contributed by atoms with Gasteiger partial charge in [-0.3, -0.25) is 0 Å². The molecule has 0 spiro atoms. The second-order valence-electron chi connectivity index (χ2n) is 3.66. The molecular weight excluding hydrogens is 220 g/mol. The zero-order valence-electron chi connectivity index (χ0n) is 10.5. The van der Waals surface area contributed by atoms with Crippen molar-refractivity contribution < 1.29 is 4.74 Å². The van der Waals surface area contributed by atoms with Gasteiger partial charge in [0.2, 0.25) is 0 Å². The van der Waals surface area contributed by atoms with Crippen molar-refractivity contribution in [2.75, 3.05) is 13.2 Å². The molecule has 0 amide bonds. The van der Waals surface area contributed by atoms with Crippen LogP contribution in [0.3, 0.4) is 0 Å². The molecule has 0 aromatic carbocycles. The van der Waals surface area contributed by atoms with E-state index >= 15 is 0 Å². The van der Waals surface area contributed by atoms with Crippen LogP contribution in [0.5, 0.6) is 0 Å². The topological polar surface area (TPSA) is 34.1 Å². The lowest BCUT2D eigenvalue weighted by atomic mass is 10.3. The normalized spacial score (nSPS) is 10.9. The molecule has 0 unspecified atom stereocenters. The molecule has 1 rings (SSSR count). The van der Waals surface area contributed by atoms with Crippen LogP contribution in [0.4, 0.5) is 0 Å². The van der Waals surface area contributed by atoms with Crippen LogP contribution in [0.1, 0.15) is 42.8 Å². The maximum absolute atomic E-state index is 5.51. The molecule has 0 aliphatic rings. The molecule has 0 saturated carbocycles. The van der Waals surface area contributed by atoms with Crippen molar-refractivity contribution >= 4 is 11.3 Å². The molecule has 0 bridgehead atoms. The number of aromatic nitrogens is 1. The second kappa shape index (κ2) is 7.76. The van der Waals surface area contributed by atoms with Crippen LogP contribution < -0.4 is 5.32 Å². The highest BCUT2D eigenvalue weighted by molar-refractivity contribution is 7.11. The van der Waals surface area contributed by atoms with Gasteiger partial charge >= 0.3 is 0 Å². The summed E-state index contributed by atoms with van der Waals surface area (Å²) in [5, 5.41) is 4.46. The number of hydrogen-bond donors (Lipinski definition) is 1. The van der Waals surface area contributed by atoms with E-state index in [2.05, 4.69) is 31.1 Å². The van der Waals surface area contributed by atoms with Crippen molar-refractivity contribution in [1.82, 2.24) is 10.3 Å². The van der Waals surface area contributed by atoms with Crippen LogP contribution in [0.2, 0.25) is 0 Å². The Labute approximate surface area is 102 Å². The number of rotatable bonds is 8. The Morgan fingerprint density at radius 1 is 1.31 bits per heavy atom. The quantitative estimate of drug-likeness (QED) is 0.712. The standard InChI is InChI=1S/C12H22N2OS/c1-4-7-15-9-12-14-10(5-2)11(16-12)8-13-6-3/h13H,4-9H2,1-3H3. The van der Waals surface area contributed by atoms with E-state index in [0.29, 0.717) is 6.61 Å². The highest BCUT2D eigenvalue weighted by atomic mass is 32.1. The molecule has 1 heterocycles. The van der Waals surface area contributed by atoms with Gasteiger partial charge in [0.05, 0.1) is 12.3 Å². The summed E-state index contributed by atoms with van der Waals surface area (Å²) in [6, 6.07) is 0. The van der Waals surface area contributed by atoms with Crippen molar-refractivity contribution in [3.05, 3.63) is 15.6 Å². The zero-order chi connectivity index (χ0) is 11.8. The van der Waals surface area contributed by atoms with Gasteiger partial charge in [0, 0.05) is 18.0 Å². The molecule has 1 aromatic rings. The van der Waals surface area contributed by atoms with Crippen molar-refractivity contribution in [2.45, 2.75) is 46.8 Å². The van der Waals surface area contributed by atoms with E-state index in [1.54, 1.807) is 11.3 Å². The summed E-state index contributed by atoms with van der Waals surface area (Å²) in [6.45, 7) is 9.82. The zero-order valence-corrected chi connectivity index (χ0v) is 11.3. The highest BCUT2D eigenvalue weighted by Gasteiger charge is 2.08. The number of hydrogen-bond acceptors (Lipinski definition) is 4. The van der Waals surface area contributed by atoms with Crippen LogP contribution in [0.15, 0.2) is 0 Å². The Bertz CT molecular complexity index is 299. The molecule has 92 valence electrons. The fourth-order valence-electron chi connectivity index (χ4n) is 1.46. The van der Waals surface area contributed by atoms with Crippen LogP contribution >= 0.6 is 11.3 Å². The van der Waals surface area contributed by atoms with Gasteiger partial charge in [-0.15, -0.1) is 11.3 Å². The molecule has 3 nitrogen and oxygen atoms in total. The molecule has 0 atom stereocenters. The Balaban J connectivity index is 2.54. The van der Waals surface area contributed by atoms with Gasteiger partial charge in [0.15, 0.2) is 0 Å². The van der Waals surface area contributed by atoms with Crippen LogP contribution in [-0.4, -0.2) is 18.1 Å². The largest absolute Gasteiger partial charge is 0.374 e. The summed E-state index contributed by atoms with van der Waals surface area (Å²) in [5.74, 6) is 0. The van der Waals surface area contributed by atoms with Gasteiger partial charge in [-0.25, -0.2) is 4.98 Å². The number of nitrogens with zero attached hydrogens (tertiary/aromatic N) is 1. The molecule has 0 saturated heterocycles. The summed E-state index contributed by atoms with van der Waals surface area (Å²) in [6.07, 6.45) is 2.07. The number of thiazole rings is 1. The van der Waals surface area contributed by atoms with Crippen LogP contribution in [-0.2, 0) is 24.3 Å². The Morgan fingerprint density at radius 2 is 2.12 bits per heavy atom. The SMILES string of the molecule is CCCOCc1nc(CC)c(CNCC)s1. The van der Waals surface area contributed by atoms with E-state index in [1.807, 2.05) is 0 Å². The number of nitrogens with one attached hydrogen (secondary N) is 1. The van der Waals surface area contributed by atoms with E-state index in [9.17, 15) is 0 Å². The Hall–Kier alpha value is -0.450. The van der Waals surface area contributed by atoms with Gasteiger partial charge < -0.3 is 10.1 Å². The average Bonchev–Trinajstić information content (AvgIpc) is 2.69. The lowest BCUT2D eigenvalue weighted by molar-refractivity contribution is 0.121. The average molecular weight is 242 g/mol. The van der Waals surface area contributed by atoms with Crippen molar-refractivity contribution in [1.29, 1.82) is 0 Å². The number of ether oxygens (including phenoxy) is 1. The second-order valence-corrected chi connectivity index (χ2v) is 4.83. The summed E-state index contributed by atoms with van der Waals surface area (Å²) < 4.78 is 5.51. The highest BCUT2D eigenvalue weighted by Crippen LogP contribution is 2.20. The lowest BCUT2D eigenvalue weighted by Crippen LogP contribution is -2.11. The molecule has 0 radical (unpaired) electrons. The van der Waals surface area contributed by atoms with Crippen LogP contribution in [0.25, 0.3) is 0 Å². The van der Waals surface area contributed by atoms with Gasteiger partial charge in [-0.1, -0.05) is 20.8 Å². The Morgan fingerprint density at radius 3 is 2.75 bits per heavy atom. The smallest absolute Gasteiger partial charge is 0.119 e. The Kier molecular flexibility index (Phi) is 6.61. The molecule has 16 heavy (non-hydrogen) atoms. The molecule has 0 fully saturated rings. The fourth-order valence-corrected chi connectivity index (χ4v) is 2.52. The molecule has 1 N–H and O–H groups in total. The first kappa shape index (κ1) is 13.6. The first-order valence-electron chi connectivity index (χ1n) is 6.07. The van der Waals surface area contributed by atoms with E-state index < -0.39 is 0 Å². The third-order valence-electron chi connectivity index (χ3n) is 2.27. The molecule has 0 aliphatic carbocycles. The van der Waals surface area contributed by atoms with Gasteiger partial charge in [0.1, 0.15) is 5.01 Å². The first-order chi connectivity index (χ1) is 7.81. The minimum absolute atomic E-state index is 0.664. The first-order valence-corrected chi connectivity index (χ1v) is 6.89. The predicted molar refractivity (Wildman–Crippen MR) is 68.8 cm³/mol. The third kappa shape index (κ3) is 4.20. The summed E-state index contributed by atoms with van der Waals surface area (Å²) in [5.41, 5.74) is 1.22. The van der Waals surface area contributed by atoms with Crippen molar-refractivity contribution in [3.8, 4) is 0 Å². The molecule has 1 aromatic heterocycles. The fraction of sp³-hybridized carbons (Fsp3) is 0.750. The lowest BCUT2D eigenvalue weighted by Gasteiger charge is -1.99. The third-order valence-corrected chi connectivity index (χ3v) is 3.34. The van der Waals surface area contributed by atoms with Crippen molar-refractivity contribution in [2.24, 2.45) is 0 Å². The summed E-state index contributed by atoms with van der Waals surface area (Å²) >= 11 is 1.78. The molecule has 4 heteroatoms. The van der Waals surface area contributed by atoms with E-state index in [0.717, 1.165) is 37.5 Å². The molecule has 0 aliphatic heterocycles. The van der Waals surface area contributed by atoms with E-state index in [-0.39, 0.29) is 0 Å². The summed E-state index contributed by atoms with van der Waals surface area (Å²) in [7, 11) is 0. The minimum Gasteiger partial charge on any atom is -0.374 e. The maximum atomic E-state index is 5.51. The van der Waals surface area contributed by atoms with Gasteiger partial charge in [-0.2, -0.15) is 0 Å². The van der Waals surface area contributed by atoms with Gasteiger partial charge in [0.25, 0.3) is 0 Å². The monoisotopic (exact) mass is 242 g/mol. The van der Waals surface area contributed by atoms with Gasteiger partial charge in [-0.05, 0) is 19.4 Å². The van der Waals surface area contributed by atoms with Crippen LogP contribution in [0, 0.1) is 0 Å². The number of aryl methyl sites for hydroxylation is 1. The summed E-state index contributed by atoms with van der Waals surface area (Å²) in [4.78, 5) is 5.97. The van der Waals surface area contributed by atoms with Crippen molar-refractivity contribution in [3.63, 3.8) is 0 Å². The predicted octanol–water partition coefficient (Wildman–Crippen LogP) is 2.74. The van der Waals surface area contributed by atoms with E-state index in [4.69, 9.17) is 4.74 Å². The maximum Gasteiger partial charge on any atom is 0.119 e. The van der Waals surface area contributed by atoms with E-state index in [1.165, 1.54) is 10.6 Å². The molecular formula is C12H22N2OS.